The molecule has 4 rings (SSSR count). The quantitative estimate of drug-likeness (QED) is 0.339. The molecule has 0 saturated carbocycles. The number of fused-ring (bicyclic) bond motifs is 1. The predicted octanol–water partition coefficient (Wildman–Crippen LogP) is 4.02. The van der Waals surface area contributed by atoms with Crippen molar-refractivity contribution in [2.45, 2.75) is 38.1 Å². The number of hydrogen-bond donors (Lipinski definition) is 1. The molecule has 0 aliphatic heterocycles. The summed E-state index contributed by atoms with van der Waals surface area (Å²) in [5, 5.41) is 9.46. The average Bonchev–Trinajstić information content (AvgIpc) is 3.40. The molecule has 0 bridgehead atoms. The lowest BCUT2D eigenvalue weighted by Gasteiger charge is -2.10. The zero-order valence-electron chi connectivity index (χ0n) is 17.7. The Bertz CT molecular complexity index is 1330. The smallest absolute Gasteiger partial charge is 0.348 e. The van der Waals surface area contributed by atoms with Crippen LogP contribution in [0.4, 0.5) is 0 Å². The zero-order chi connectivity index (χ0) is 22.3. The summed E-state index contributed by atoms with van der Waals surface area (Å²) in [5.41, 5.74) is 1.19. The van der Waals surface area contributed by atoms with Gasteiger partial charge in [0.25, 0.3) is 5.56 Å². The third-order valence-electron chi connectivity index (χ3n) is 4.88. The molecule has 0 aromatic carbocycles. The van der Waals surface area contributed by atoms with Crippen molar-refractivity contribution < 1.29 is 13.9 Å². The molecule has 4 heterocycles. The summed E-state index contributed by atoms with van der Waals surface area (Å²) in [6.07, 6.45) is 1.62. The Labute approximate surface area is 185 Å². The second-order valence-electron chi connectivity index (χ2n) is 6.92. The van der Waals surface area contributed by atoms with Crippen LogP contribution in [0, 0.1) is 13.8 Å². The van der Waals surface area contributed by atoms with Crippen LogP contribution in [-0.2, 0) is 11.8 Å². The van der Waals surface area contributed by atoms with Gasteiger partial charge in [0.15, 0.2) is 11.0 Å². The SMILES string of the molecule is CCOC(=O)c1sc2nc(C(C)Sc3nnc(-c4ccoc4C)n3C)[nH]c(=O)c2c1C. The number of rotatable bonds is 6. The van der Waals surface area contributed by atoms with E-state index in [1.165, 1.54) is 23.1 Å². The molecule has 0 aliphatic rings. The fourth-order valence-corrected chi connectivity index (χ4v) is 5.18. The summed E-state index contributed by atoms with van der Waals surface area (Å²) >= 11 is 2.60. The van der Waals surface area contributed by atoms with Crippen LogP contribution in [0.1, 0.15) is 45.9 Å². The average molecular weight is 460 g/mol. The van der Waals surface area contributed by atoms with Crippen LogP contribution in [0.3, 0.4) is 0 Å². The Morgan fingerprint density at radius 1 is 1.39 bits per heavy atom. The first-order valence-electron chi connectivity index (χ1n) is 9.62. The zero-order valence-corrected chi connectivity index (χ0v) is 19.3. The lowest BCUT2D eigenvalue weighted by molar-refractivity contribution is 0.0531. The fraction of sp³-hybridized carbons (Fsp3) is 0.350. The normalized spacial score (nSPS) is 12.4. The fourth-order valence-electron chi connectivity index (χ4n) is 3.23. The van der Waals surface area contributed by atoms with Crippen molar-refractivity contribution in [3.8, 4) is 11.4 Å². The monoisotopic (exact) mass is 459 g/mol. The molecule has 11 heteroatoms. The Morgan fingerprint density at radius 2 is 2.16 bits per heavy atom. The van der Waals surface area contributed by atoms with Gasteiger partial charge < -0.3 is 18.7 Å². The Hall–Kier alpha value is -2.92. The molecule has 1 unspecified atom stereocenters. The van der Waals surface area contributed by atoms with Gasteiger partial charge in [-0.25, -0.2) is 9.78 Å². The number of nitrogens with one attached hydrogen (secondary N) is 1. The Morgan fingerprint density at radius 3 is 2.84 bits per heavy atom. The highest BCUT2D eigenvalue weighted by Gasteiger charge is 2.23. The first kappa shape index (κ1) is 21.3. The number of hydrogen-bond acceptors (Lipinski definition) is 9. The molecule has 4 aromatic heterocycles. The summed E-state index contributed by atoms with van der Waals surface area (Å²) in [7, 11) is 1.88. The van der Waals surface area contributed by atoms with Gasteiger partial charge in [0, 0.05) is 7.05 Å². The van der Waals surface area contributed by atoms with Crippen molar-refractivity contribution in [3.63, 3.8) is 0 Å². The first-order chi connectivity index (χ1) is 14.8. The highest BCUT2D eigenvalue weighted by Crippen LogP contribution is 2.35. The summed E-state index contributed by atoms with van der Waals surface area (Å²) in [5.74, 6) is 1.53. The lowest BCUT2D eigenvalue weighted by Crippen LogP contribution is -2.13. The van der Waals surface area contributed by atoms with Crippen molar-refractivity contribution in [1.29, 1.82) is 0 Å². The minimum Gasteiger partial charge on any atom is -0.469 e. The van der Waals surface area contributed by atoms with Crippen molar-refractivity contribution in [3.05, 3.63) is 44.7 Å². The summed E-state index contributed by atoms with van der Waals surface area (Å²) in [6, 6.07) is 1.85. The number of nitrogens with zero attached hydrogens (tertiary/aromatic N) is 4. The van der Waals surface area contributed by atoms with Crippen LogP contribution < -0.4 is 5.56 Å². The van der Waals surface area contributed by atoms with Crippen LogP contribution in [0.2, 0.25) is 0 Å². The second-order valence-corrected chi connectivity index (χ2v) is 9.23. The molecule has 4 aromatic rings. The van der Waals surface area contributed by atoms with Crippen molar-refractivity contribution >= 4 is 39.3 Å². The molecule has 9 nitrogen and oxygen atoms in total. The summed E-state index contributed by atoms with van der Waals surface area (Å²) in [4.78, 5) is 33.3. The van der Waals surface area contributed by atoms with Crippen LogP contribution in [0.15, 0.2) is 26.7 Å². The molecule has 1 N–H and O–H groups in total. The van der Waals surface area contributed by atoms with Gasteiger partial charge in [-0.2, -0.15) is 0 Å². The molecule has 162 valence electrons. The van der Waals surface area contributed by atoms with Gasteiger partial charge in [-0.05, 0) is 39.3 Å². The van der Waals surface area contributed by atoms with Gasteiger partial charge in [-0.3, -0.25) is 4.79 Å². The van der Waals surface area contributed by atoms with Gasteiger partial charge >= 0.3 is 5.97 Å². The van der Waals surface area contributed by atoms with Gasteiger partial charge in [0.1, 0.15) is 21.3 Å². The molecule has 0 spiro atoms. The van der Waals surface area contributed by atoms with E-state index in [1.54, 1.807) is 20.1 Å². The second kappa shape index (κ2) is 8.31. The maximum atomic E-state index is 12.7. The van der Waals surface area contributed by atoms with Crippen molar-refractivity contribution in [1.82, 2.24) is 24.7 Å². The third kappa shape index (κ3) is 3.79. The molecule has 0 amide bonds. The molecule has 0 radical (unpaired) electrons. The summed E-state index contributed by atoms with van der Waals surface area (Å²) in [6.45, 7) is 7.55. The number of thiophene rings is 1. The number of H-pyrrole nitrogens is 1. The topological polar surface area (TPSA) is 116 Å². The van der Waals surface area contributed by atoms with E-state index in [1.807, 2.05) is 31.5 Å². The largest absolute Gasteiger partial charge is 0.469 e. The van der Waals surface area contributed by atoms with E-state index in [2.05, 4.69) is 20.2 Å². The first-order valence-corrected chi connectivity index (χ1v) is 11.3. The van der Waals surface area contributed by atoms with Gasteiger partial charge in [0.2, 0.25) is 0 Å². The van der Waals surface area contributed by atoms with Crippen LogP contribution in [-0.4, -0.2) is 37.3 Å². The molecule has 1 atom stereocenters. The van der Waals surface area contributed by atoms with Crippen molar-refractivity contribution in [2.24, 2.45) is 7.05 Å². The highest BCUT2D eigenvalue weighted by molar-refractivity contribution is 7.99. The number of aryl methyl sites for hydroxylation is 2. The van der Waals surface area contributed by atoms with Gasteiger partial charge in [-0.15, -0.1) is 21.5 Å². The van der Waals surface area contributed by atoms with E-state index in [0.29, 0.717) is 37.5 Å². The van der Waals surface area contributed by atoms with E-state index in [-0.39, 0.29) is 17.4 Å². The Kier molecular flexibility index (Phi) is 5.71. The molecule has 0 saturated heterocycles. The number of aromatic amines is 1. The van der Waals surface area contributed by atoms with Crippen LogP contribution >= 0.6 is 23.1 Å². The van der Waals surface area contributed by atoms with Gasteiger partial charge in [0.05, 0.1) is 29.1 Å². The number of furan rings is 1. The minimum absolute atomic E-state index is 0.202. The summed E-state index contributed by atoms with van der Waals surface area (Å²) < 4.78 is 12.3. The molecular weight excluding hydrogens is 438 g/mol. The highest BCUT2D eigenvalue weighted by atomic mass is 32.2. The number of carbonyl (C=O) groups is 1. The van der Waals surface area contributed by atoms with E-state index in [9.17, 15) is 9.59 Å². The van der Waals surface area contributed by atoms with Crippen LogP contribution in [0.5, 0.6) is 0 Å². The number of thioether (sulfide) groups is 1. The molecule has 0 fully saturated rings. The molecular formula is C20H21N5O4S2. The molecule has 31 heavy (non-hydrogen) atoms. The third-order valence-corrected chi connectivity index (χ3v) is 7.19. The lowest BCUT2D eigenvalue weighted by atomic mass is 10.2. The van der Waals surface area contributed by atoms with Gasteiger partial charge in [-0.1, -0.05) is 11.8 Å². The molecule has 0 aliphatic carbocycles. The van der Waals surface area contributed by atoms with E-state index < -0.39 is 5.97 Å². The van der Waals surface area contributed by atoms with E-state index in [0.717, 1.165) is 11.3 Å². The maximum absolute atomic E-state index is 12.7. The number of esters is 1. The van der Waals surface area contributed by atoms with Crippen LogP contribution in [0.25, 0.3) is 21.6 Å². The number of carbonyl (C=O) groups excluding carboxylic acids is 1. The van der Waals surface area contributed by atoms with E-state index in [4.69, 9.17) is 9.15 Å². The van der Waals surface area contributed by atoms with E-state index >= 15 is 0 Å². The predicted molar refractivity (Wildman–Crippen MR) is 119 cm³/mol. The number of ether oxygens (including phenoxy) is 1. The Balaban J connectivity index is 1.65. The minimum atomic E-state index is -0.437. The standard InChI is InChI=1S/C20H21N5O4S2/c1-6-28-19(27)14-9(2)13-17(26)21-15(22-18(13)31-14)11(4)30-20-24-23-16(25(20)5)12-7-8-29-10(12)3/h7-8,11H,6H2,1-5H3,(H,21,22,26). The van der Waals surface area contributed by atoms with Crippen molar-refractivity contribution in [2.75, 3.05) is 6.61 Å². The number of aromatic nitrogens is 5. The maximum Gasteiger partial charge on any atom is 0.348 e.